The van der Waals surface area contributed by atoms with E-state index in [0.29, 0.717) is 27.5 Å². The summed E-state index contributed by atoms with van der Waals surface area (Å²) in [6, 6.07) is 9.44. The van der Waals surface area contributed by atoms with Crippen LogP contribution in [-0.2, 0) is 11.2 Å². The number of nitrogens with zero attached hydrogens (tertiary/aromatic N) is 3. The van der Waals surface area contributed by atoms with Crippen molar-refractivity contribution in [1.29, 1.82) is 0 Å². The predicted octanol–water partition coefficient (Wildman–Crippen LogP) is 5.58. The average molecular weight is 442 g/mol. The zero-order chi connectivity index (χ0) is 19.4. The molecule has 8 heteroatoms. The lowest BCUT2D eigenvalue weighted by Crippen LogP contribution is -2.39. The van der Waals surface area contributed by atoms with Gasteiger partial charge in [0.15, 0.2) is 5.13 Å². The Kier molecular flexibility index (Phi) is 7.11. The van der Waals surface area contributed by atoms with Gasteiger partial charge in [-0.25, -0.2) is 4.98 Å². The molecule has 27 heavy (non-hydrogen) atoms. The molecule has 0 saturated heterocycles. The molecule has 3 rings (SSSR count). The normalized spacial score (nSPS) is 11.4. The molecule has 0 aliphatic rings. The van der Waals surface area contributed by atoms with Gasteiger partial charge in [-0.1, -0.05) is 54.5 Å². The summed E-state index contributed by atoms with van der Waals surface area (Å²) in [4.78, 5) is 22.8. The molecule has 0 aliphatic carbocycles. The first kappa shape index (κ1) is 20.6. The van der Waals surface area contributed by atoms with E-state index in [-0.39, 0.29) is 5.91 Å². The molecular formula is C19H21Cl2N3OS2. The molecule has 3 aromatic rings. The number of carbonyl (C=O) groups is 1. The first-order valence-electron chi connectivity index (χ1n) is 8.83. The van der Waals surface area contributed by atoms with Gasteiger partial charge >= 0.3 is 0 Å². The van der Waals surface area contributed by atoms with Gasteiger partial charge in [0.2, 0.25) is 5.91 Å². The van der Waals surface area contributed by atoms with E-state index in [1.807, 2.05) is 30.3 Å². The molecule has 0 N–H and O–H groups in total. The van der Waals surface area contributed by atoms with Crippen LogP contribution < -0.4 is 4.90 Å². The minimum Gasteiger partial charge on any atom is -0.302 e. The summed E-state index contributed by atoms with van der Waals surface area (Å²) >= 11 is 15.2. The minimum atomic E-state index is 0.0239. The lowest BCUT2D eigenvalue weighted by atomic mass is 10.3. The quantitative estimate of drug-likeness (QED) is 0.457. The van der Waals surface area contributed by atoms with Crippen LogP contribution in [0.25, 0.3) is 10.2 Å². The molecule has 0 radical (unpaired) electrons. The average Bonchev–Trinajstić information content (AvgIpc) is 3.25. The minimum absolute atomic E-state index is 0.0239. The van der Waals surface area contributed by atoms with Crippen LogP contribution >= 0.6 is 45.9 Å². The fraction of sp³-hybridized carbons (Fsp3) is 0.368. The highest BCUT2D eigenvalue weighted by atomic mass is 35.5. The largest absolute Gasteiger partial charge is 0.302 e. The van der Waals surface area contributed by atoms with Crippen LogP contribution in [0, 0.1) is 0 Å². The molecule has 0 atom stereocenters. The van der Waals surface area contributed by atoms with E-state index in [9.17, 15) is 4.79 Å². The van der Waals surface area contributed by atoms with Gasteiger partial charge in [-0.3, -0.25) is 9.69 Å². The highest BCUT2D eigenvalue weighted by molar-refractivity contribution is 7.22. The van der Waals surface area contributed by atoms with Crippen LogP contribution in [0.2, 0.25) is 9.36 Å². The molecule has 0 bridgehead atoms. The lowest BCUT2D eigenvalue weighted by molar-refractivity contribution is -0.118. The van der Waals surface area contributed by atoms with E-state index in [4.69, 9.17) is 23.2 Å². The number of anilines is 1. The van der Waals surface area contributed by atoms with Crippen LogP contribution in [0.1, 0.15) is 18.7 Å². The number of hydrogen-bond acceptors (Lipinski definition) is 5. The van der Waals surface area contributed by atoms with Crippen molar-refractivity contribution in [3.8, 4) is 0 Å². The Morgan fingerprint density at radius 3 is 2.48 bits per heavy atom. The molecule has 1 aromatic carbocycles. The van der Waals surface area contributed by atoms with Crippen molar-refractivity contribution in [3.05, 3.63) is 44.6 Å². The molecule has 144 valence electrons. The number of thiazole rings is 1. The zero-order valence-corrected chi connectivity index (χ0v) is 18.4. The molecule has 0 unspecified atom stereocenters. The van der Waals surface area contributed by atoms with Gasteiger partial charge in [0.05, 0.1) is 20.5 Å². The first-order chi connectivity index (χ1) is 13.0. The number of benzene rings is 1. The number of halogens is 2. The molecule has 2 heterocycles. The maximum atomic E-state index is 13.1. The summed E-state index contributed by atoms with van der Waals surface area (Å²) in [6.45, 7) is 7.54. The van der Waals surface area contributed by atoms with E-state index in [1.54, 1.807) is 4.90 Å². The number of likely N-dealkylation sites (N-methyl/N-ethyl adjacent to an activating group) is 1. The van der Waals surface area contributed by atoms with Crippen LogP contribution in [-0.4, -0.2) is 42.0 Å². The topological polar surface area (TPSA) is 36.4 Å². The second-order valence-electron chi connectivity index (χ2n) is 6.04. The number of rotatable bonds is 8. The van der Waals surface area contributed by atoms with Crippen LogP contribution in [0.15, 0.2) is 30.3 Å². The molecule has 0 spiro atoms. The van der Waals surface area contributed by atoms with E-state index >= 15 is 0 Å². The highest BCUT2D eigenvalue weighted by Gasteiger charge is 2.22. The van der Waals surface area contributed by atoms with Crippen molar-refractivity contribution in [3.63, 3.8) is 0 Å². The van der Waals surface area contributed by atoms with Crippen LogP contribution in [0.5, 0.6) is 0 Å². The Bertz CT molecular complexity index is 921. The summed E-state index contributed by atoms with van der Waals surface area (Å²) in [7, 11) is 0. The molecule has 0 saturated carbocycles. The fourth-order valence-corrected chi connectivity index (χ4v) is 5.21. The van der Waals surface area contributed by atoms with Crippen molar-refractivity contribution in [2.24, 2.45) is 0 Å². The third kappa shape index (κ3) is 5.00. The molecule has 0 fully saturated rings. The van der Waals surface area contributed by atoms with Crippen molar-refractivity contribution >= 4 is 67.1 Å². The Hall–Kier alpha value is -1.18. The maximum Gasteiger partial charge on any atom is 0.234 e. The number of para-hydroxylation sites is 1. The second-order valence-corrected chi connectivity index (χ2v) is 9.25. The third-order valence-corrected chi connectivity index (χ3v) is 6.96. The zero-order valence-electron chi connectivity index (χ0n) is 15.2. The SMILES string of the molecule is CCN(CC)CCN(C(=O)Cc1ccc(Cl)s1)c1nc2c(Cl)cccc2s1. The number of thiophene rings is 1. The summed E-state index contributed by atoms with van der Waals surface area (Å²) < 4.78 is 1.68. The van der Waals surface area contributed by atoms with Gasteiger partial charge in [-0.05, 0) is 37.4 Å². The first-order valence-corrected chi connectivity index (χ1v) is 11.2. The van der Waals surface area contributed by atoms with Crippen LogP contribution in [0.4, 0.5) is 5.13 Å². The van der Waals surface area contributed by atoms with Gasteiger partial charge in [-0.15, -0.1) is 11.3 Å². The van der Waals surface area contributed by atoms with Gasteiger partial charge in [0.25, 0.3) is 0 Å². The van der Waals surface area contributed by atoms with Gasteiger partial charge < -0.3 is 4.90 Å². The van der Waals surface area contributed by atoms with Crippen molar-refractivity contribution in [2.75, 3.05) is 31.1 Å². The Morgan fingerprint density at radius 2 is 1.85 bits per heavy atom. The smallest absolute Gasteiger partial charge is 0.234 e. The molecular weight excluding hydrogens is 421 g/mol. The van der Waals surface area contributed by atoms with E-state index in [0.717, 1.165) is 34.7 Å². The van der Waals surface area contributed by atoms with E-state index in [2.05, 4.69) is 23.7 Å². The number of amides is 1. The summed E-state index contributed by atoms with van der Waals surface area (Å²) in [6.07, 6.45) is 0.319. The van der Waals surface area contributed by atoms with E-state index < -0.39 is 0 Å². The van der Waals surface area contributed by atoms with Gasteiger partial charge in [0.1, 0.15) is 5.52 Å². The fourth-order valence-electron chi connectivity index (χ4n) is 2.82. The number of carbonyl (C=O) groups excluding carboxylic acids is 1. The van der Waals surface area contributed by atoms with Gasteiger partial charge in [0, 0.05) is 18.0 Å². The summed E-state index contributed by atoms with van der Waals surface area (Å²) in [5, 5.41) is 1.30. The maximum absolute atomic E-state index is 13.1. The number of fused-ring (bicyclic) bond motifs is 1. The van der Waals surface area contributed by atoms with Crippen molar-refractivity contribution in [1.82, 2.24) is 9.88 Å². The molecule has 4 nitrogen and oxygen atoms in total. The van der Waals surface area contributed by atoms with Crippen molar-refractivity contribution in [2.45, 2.75) is 20.3 Å². The van der Waals surface area contributed by atoms with Gasteiger partial charge in [-0.2, -0.15) is 0 Å². The number of aromatic nitrogens is 1. The molecule has 0 aliphatic heterocycles. The number of hydrogen-bond donors (Lipinski definition) is 0. The summed E-state index contributed by atoms with van der Waals surface area (Å²) in [5.41, 5.74) is 0.749. The Labute approximate surface area is 177 Å². The standard InChI is InChI=1S/C19H21Cl2N3OS2/c1-3-23(4-2)10-11-24(17(25)12-13-8-9-16(21)26-13)19-22-18-14(20)6-5-7-15(18)27-19/h5-9H,3-4,10-12H2,1-2H3. The third-order valence-electron chi connectivity index (χ3n) is 4.38. The second kappa shape index (κ2) is 9.34. The monoisotopic (exact) mass is 441 g/mol. The van der Waals surface area contributed by atoms with Crippen molar-refractivity contribution < 1.29 is 4.79 Å². The summed E-state index contributed by atoms with van der Waals surface area (Å²) in [5.74, 6) is 0.0239. The highest BCUT2D eigenvalue weighted by Crippen LogP contribution is 2.33. The molecule has 2 aromatic heterocycles. The lowest BCUT2D eigenvalue weighted by Gasteiger charge is -2.24. The van der Waals surface area contributed by atoms with E-state index in [1.165, 1.54) is 22.7 Å². The van der Waals surface area contributed by atoms with Crippen LogP contribution in [0.3, 0.4) is 0 Å². The molecule has 1 amide bonds. The Morgan fingerprint density at radius 1 is 1.07 bits per heavy atom. The predicted molar refractivity (Wildman–Crippen MR) is 118 cm³/mol. The Balaban J connectivity index is 1.87.